The summed E-state index contributed by atoms with van der Waals surface area (Å²) in [5, 5.41) is 3.09. The van der Waals surface area contributed by atoms with Gasteiger partial charge in [-0.15, -0.1) is 0 Å². The Labute approximate surface area is 117 Å². The zero-order valence-corrected chi connectivity index (χ0v) is 13.2. The minimum Gasteiger partial charge on any atom is -0.373 e. The fraction of sp³-hybridized carbons (Fsp3) is 0.733. The molecule has 0 saturated heterocycles. The first-order valence-electron chi connectivity index (χ1n) is 7.15. The third kappa shape index (κ3) is 6.01. The first-order valence-corrected chi connectivity index (χ1v) is 7.15. The molecule has 0 aliphatic carbocycles. The van der Waals surface area contributed by atoms with Crippen molar-refractivity contribution in [3.8, 4) is 0 Å². The van der Waals surface area contributed by atoms with Crippen LogP contribution in [-0.4, -0.2) is 35.0 Å². The Morgan fingerprint density at radius 3 is 2.16 bits per heavy atom. The van der Waals surface area contributed by atoms with Crippen molar-refractivity contribution in [2.24, 2.45) is 11.8 Å². The van der Waals surface area contributed by atoms with E-state index in [4.69, 9.17) is 0 Å². The molecular weight excluding hydrogens is 236 g/mol. The summed E-state index contributed by atoms with van der Waals surface area (Å²) in [6, 6.07) is 1.97. The molecule has 0 aromatic carbocycles. The number of anilines is 1. The normalized spacial score (nSPS) is 11.6. The van der Waals surface area contributed by atoms with Crippen LogP contribution in [0.15, 0.2) is 6.07 Å². The fourth-order valence-electron chi connectivity index (χ4n) is 2.27. The number of nitrogens with one attached hydrogen (secondary N) is 1. The maximum atomic E-state index is 4.54. The summed E-state index contributed by atoms with van der Waals surface area (Å²) in [6.07, 6.45) is 0. The van der Waals surface area contributed by atoms with Crippen molar-refractivity contribution < 1.29 is 0 Å². The summed E-state index contributed by atoms with van der Waals surface area (Å²) in [6.45, 7) is 14.0. The minimum atomic E-state index is 0.660. The van der Waals surface area contributed by atoms with Crippen LogP contribution >= 0.6 is 0 Å². The van der Waals surface area contributed by atoms with Gasteiger partial charge in [0.15, 0.2) is 0 Å². The van der Waals surface area contributed by atoms with Crippen LogP contribution in [0.4, 0.5) is 5.82 Å². The second-order valence-electron chi connectivity index (χ2n) is 6.04. The van der Waals surface area contributed by atoms with Crippen molar-refractivity contribution in [3.63, 3.8) is 0 Å². The van der Waals surface area contributed by atoms with E-state index in [1.807, 2.05) is 20.0 Å². The van der Waals surface area contributed by atoms with Crippen molar-refractivity contribution in [3.05, 3.63) is 17.6 Å². The van der Waals surface area contributed by atoms with Gasteiger partial charge in [-0.1, -0.05) is 27.7 Å². The number of nitrogens with zero attached hydrogens (tertiary/aromatic N) is 3. The van der Waals surface area contributed by atoms with E-state index in [2.05, 4.69) is 47.9 Å². The van der Waals surface area contributed by atoms with E-state index in [1.54, 1.807) is 0 Å². The van der Waals surface area contributed by atoms with Crippen LogP contribution in [-0.2, 0) is 6.54 Å². The Kier molecular flexibility index (Phi) is 6.22. The summed E-state index contributed by atoms with van der Waals surface area (Å²) in [7, 11) is 1.89. The van der Waals surface area contributed by atoms with Crippen molar-refractivity contribution in [2.45, 2.75) is 41.2 Å². The first kappa shape index (κ1) is 15.9. The summed E-state index contributed by atoms with van der Waals surface area (Å²) >= 11 is 0. The van der Waals surface area contributed by atoms with E-state index in [0.717, 1.165) is 37.0 Å². The van der Waals surface area contributed by atoms with Gasteiger partial charge in [-0.25, -0.2) is 9.97 Å². The topological polar surface area (TPSA) is 41.1 Å². The number of aromatic nitrogens is 2. The Bertz CT molecular complexity index is 378. The number of hydrogen-bond acceptors (Lipinski definition) is 4. The zero-order chi connectivity index (χ0) is 14.4. The summed E-state index contributed by atoms with van der Waals surface area (Å²) in [5.74, 6) is 3.13. The third-order valence-corrected chi connectivity index (χ3v) is 2.77. The van der Waals surface area contributed by atoms with Crippen LogP contribution in [0.2, 0.25) is 0 Å². The van der Waals surface area contributed by atoms with Crippen LogP contribution < -0.4 is 5.32 Å². The van der Waals surface area contributed by atoms with Gasteiger partial charge >= 0.3 is 0 Å². The molecule has 4 heteroatoms. The van der Waals surface area contributed by atoms with E-state index in [1.165, 1.54) is 0 Å². The van der Waals surface area contributed by atoms with E-state index < -0.39 is 0 Å². The quantitative estimate of drug-likeness (QED) is 0.822. The molecule has 0 aliphatic rings. The van der Waals surface area contributed by atoms with E-state index in [-0.39, 0.29) is 0 Å². The van der Waals surface area contributed by atoms with Gasteiger partial charge in [-0.05, 0) is 18.8 Å². The van der Waals surface area contributed by atoms with Crippen LogP contribution in [0.25, 0.3) is 0 Å². The predicted molar refractivity (Wildman–Crippen MR) is 81.3 cm³/mol. The second kappa shape index (κ2) is 7.43. The monoisotopic (exact) mass is 264 g/mol. The smallest absolute Gasteiger partial charge is 0.144 e. The van der Waals surface area contributed by atoms with Crippen molar-refractivity contribution in [2.75, 3.05) is 25.5 Å². The lowest BCUT2D eigenvalue weighted by Crippen LogP contribution is -2.31. The highest BCUT2D eigenvalue weighted by atomic mass is 15.2. The molecule has 0 saturated carbocycles. The van der Waals surface area contributed by atoms with Crippen LogP contribution in [0, 0.1) is 18.8 Å². The van der Waals surface area contributed by atoms with Gasteiger partial charge in [-0.2, -0.15) is 0 Å². The number of rotatable bonds is 7. The standard InChI is InChI=1S/C15H28N4/c1-11(2)8-19(9-12(3)4)10-15-17-13(5)7-14(16-6)18-15/h7,11-12H,8-10H2,1-6H3,(H,16,17,18). The molecule has 0 bridgehead atoms. The lowest BCUT2D eigenvalue weighted by molar-refractivity contribution is 0.206. The molecule has 0 atom stereocenters. The molecule has 0 fully saturated rings. The molecule has 0 unspecified atom stereocenters. The highest BCUT2D eigenvalue weighted by Crippen LogP contribution is 2.10. The maximum Gasteiger partial charge on any atom is 0.144 e. The number of aryl methyl sites for hydroxylation is 1. The fourth-order valence-corrected chi connectivity index (χ4v) is 2.27. The van der Waals surface area contributed by atoms with Crippen molar-refractivity contribution in [1.82, 2.24) is 14.9 Å². The Morgan fingerprint density at radius 1 is 1.11 bits per heavy atom. The molecule has 0 aliphatic heterocycles. The molecule has 1 aromatic rings. The highest BCUT2D eigenvalue weighted by molar-refractivity contribution is 5.34. The third-order valence-electron chi connectivity index (χ3n) is 2.77. The molecule has 0 amide bonds. The highest BCUT2D eigenvalue weighted by Gasteiger charge is 2.12. The van der Waals surface area contributed by atoms with Gasteiger partial charge in [0.2, 0.25) is 0 Å². The predicted octanol–water partition coefficient (Wildman–Crippen LogP) is 2.94. The van der Waals surface area contributed by atoms with Gasteiger partial charge in [-0.3, -0.25) is 4.90 Å². The maximum absolute atomic E-state index is 4.54. The molecule has 0 radical (unpaired) electrons. The Morgan fingerprint density at radius 2 is 1.68 bits per heavy atom. The van der Waals surface area contributed by atoms with Gasteiger partial charge in [0, 0.05) is 31.9 Å². The van der Waals surface area contributed by atoms with Gasteiger partial charge in [0.05, 0.1) is 6.54 Å². The van der Waals surface area contributed by atoms with Crippen LogP contribution in [0.5, 0.6) is 0 Å². The Balaban J connectivity index is 2.79. The van der Waals surface area contributed by atoms with Crippen molar-refractivity contribution in [1.29, 1.82) is 0 Å². The summed E-state index contributed by atoms with van der Waals surface area (Å²) in [4.78, 5) is 11.5. The molecule has 1 aromatic heterocycles. The molecule has 0 spiro atoms. The van der Waals surface area contributed by atoms with Gasteiger partial charge in [0.1, 0.15) is 11.6 Å². The molecule has 1 heterocycles. The van der Waals surface area contributed by atoms with Gasteiger partial charge < -0.3 is 5.32 Å². The second-order valence-corrected chi connectivity index (χ2v) is 6.04. The zero-order valence-electron chi connectivity index (χ0n) is 13.2. The van der Waals surface area contributed by atoms with E-state index in [0.29, 0.717) is 11.8 Å². The molecule has 108 valence electrons. The molecular formula is C15H28N4. The summed E-state index contributed by atoms with van der Waals surface area (Å²) < 4.78 is 0. The molecule has 4 nitrogen and oxygen atoms in total. The molecule has 19 heavy (non-hydrogen) atoms. The minimum absolute atomic E-state index is 0.660. The van der Waals surface area contributed by atoms with Crippen molar-refractivity contribution >= 4 is 5.82 Å². The van der Waals surface area contributed by atoms with Crippen LogP contribution in [0.3, 0.4) is 0 Å². The SMILES string of the molecule is CNc1cc(C)nc(CN(CC(C)C)CC(C)C)n1. The Hall–Kier alpha value is -1.16. The summed E-state index contributed by atoms with van der Waals surface area (Å²) in [5.41, 5.74) is 1.02. The van der Waals surface area contributed by atoms with Crippen LogP contribution in [0.1, 0.15) is 39.2 Å². The lowest BCUT2D eigenvalue weighted by Gasteiger charge is -2.25. The first-order chi connectivity index (χ1) is 8.90. The largest absolute Gasteiger partial charge is 0.373 e. The number of hydrogen-bond donors (Lipinski definition) is 1. The molecule has 1 rings (SSSR count). The molecule has 1 N–H and O–H groups in total. The van der Waals surface area contributed by atoms with Gasteiger partial charge in [0.25, 0.3) is 0 Å². The van der Waals surface area contributed by atoms with E-state index >= 15 is 0 Å². The van der Waals surface area contributed by atoms with E-state index in [9.17, 15) is 0 Å². The average Bonchev–Trinajstić information content (AvgIpc) is 2.26. The lowest BCUT2D eigenvalue weighted by atomic mass is 10.1. The average molecular weight is 264 g/mol.